The Hall–Kier alpha value is -2.44. The number of aromatic nitrogens is 3. The molecular formula is C12H15N5O2. The van der Waals surface area contributed by atoms with E-state index in [2.05, 4.69) is 15.5 Å². The molecule has 0 radical (unpaired) electrons. The van der Waals surface area contributed by atoms with Crippen molar-refractivity contribution in [3.8, 4) is 0 Å². The van der Waals surface area contributed by atoms with Gasteiger partial charge in [0.15, 0.2) is 0 Å². The summed E-state index contributed by atoms with van der Waals surface area (Å²) >= 11 is 0. The fourth-order valence-corrected chi connectivity index (χ4v) is 1.80. The van der Waals surface area contributed by atoms with Gasteiger partial charge in [0.25, 0.3) is 5.69 Å². The van der Waals surface area contributed by atoms with Gasteiger partial charge in [0.2, 0.25) is 0 Å². The zero-order valence-corrected chi connectivity index (χ0v) is 10.8. The van der Waals surface area contributed by atoms with Crippen molar-refractivity contribution >= 4 is 11.4 Å². The fraction of sp³-hybridized carbons (Fsp3) is 0.333. The van der Waals surface area contributed by atoms with Gasteiger partial charge in [0, 0.05) is 37.8 Å². The van der Waals surface area contributed by atoms with E-state index in [4.69, 9.17) is 0 Å². The van der Waals surface area contributed by atoms with Gasteiger partial charge >= 0.3 is 0 Å². The van der Waals surface area contributed by atoms with Gasteiger partial charge in [-0.3, -0.25) is 10.1 Å². The average molecular weight is 261 g/mol. The van der Waals surface area contributed by atoms with Gasteiger partial charge in [-0.25, -0.2) is 0 Å². The van der Waals surface area contributed by atoms with Crippen LogP contribution in [-0.2, 0) is 13.5 Å². The Morgan fingerprint density at radius 3 is 2.84 bits per heavy atom. The molecule has 0 atom stereocenters. The molecule has 0 saturated heterocycles. The van der Waals surface area contributed by atoms with E-state index < -0.39 is 4.92 Å². The van der Waals surface area contributed by atoms with Crippen LogP contribution >= 0.6 is 0 Å². The van der Waals surface area contributed by atoms with E-state index in [1.54, 1.807) is 18.5 Å². The summed E-state index contributed by atoms with van der Waals surface area (Å²) in [5, 5.41) is 21.7. The number of nitrogens with zero attached hydrogens (tertiary/aromatic N) is 4. The summed E-state index contributed by atoms with van der Waals surface area (Å²) in [7, 11) is 1.90. The molecule has 1 aromatic heterocycles. The maximum absolute atomic E-state index is 10.6. The molecule has 0 aliphatic heterocycles. The third-order valence-corrected chi connectivity index (χ3v) is 2.89. The molecule has 0 spiro atoms. The number of rotatable bonds is 5. The normalized spacial score (nSPS) is 10.4. The first-order valence-electron chi connectivity index (χ1n) is 5.89. The number of nitrogens with one attached hydrogen (secondary N) is 1. The molecule has 100 valence electrons. The Kier molecular flexibility index (Phi) is 3.74. The van der Waals surface area contributed by atoms with Crippen LogP contribution in [0.3, 0.4) is 0 Å². The Balaban J connectivity index is 1.96. The first-order chi connectivity index (χ1) is 9.08. The number of nitro benzene ring substituents is 1. The maximum Gasteiger partial charge on any atom is 0.269 e. The Morgan fingerprint density at radius 2 is 2.26 bits per heavy atom. The number of nitro groups is 1. The van der Waals surface area contributed by atoms with Crippen molar-refractivity contribution in [3.05, 3.63) is 46.0 Å². The molecule has 2 rings (SSSR count). The number of hydrogen-bond donors (Lipinski definition) is 1. The predicted octanol–water partition coefficient (Wildman–Crippen LogP) is 1.69. The van der Waals surface area contributed by atoms with Gasteiger partial charge in [0.05, 0.1) is 4.92 Å². The molecule has 0 bridgehead atoms. The van der Waals surface area contributed by atoms with Crippen molar-refractivity contribution in [3.63, 3.8) is 0 Å². The number of anilines is 1. The minimum absolute atomic E-state index is 0.108. The van der Waals surface area contributed by atoms with Gasteiger partial charge in [-0.2, -0.15) is 0 Å². The standard InChI is InChI=1S/C12H15N5O2/c1-9-7-10(17(18)19)3-4-11(9)13-6-5-12-15-14-8-16(12)2/h3-4,7-8,13H,5-6H2,1-2H3. The highest BCUT2D eigenvalue weighted by atomic mass is 16.6. The van der Waals surface area contributed by atoms with Crippen LogP contribution in [0.5, 0.6) is 0 Å². The molecule has 0 aliphatic carbocycles. The second-order valence-electron chi connectivity index (χ2n) is 4.29. The lowest BCUT2D eigenvalue weighted by Gasteiger charge is -2.08. The molecule has 0 saturated carbocycles. The molecule has 19 heavy (non-hydrogen) atoms. The van der Waals surface area contributed by atoms with Crippen LogP contribution < -0.4 is 5.32 Å². The molecule has 1 N–H and O–H groups in total. The molecule has 1 heterocycles. The van der Waals surface area contributed by atoms with Crippen LogP contribution in [0.1, 0.15) is 11.4 Å². The van der Waals surface area contributed by atoms with Gasteiger partial charge < -0.3 is 9.88 Å². The van der Waals surface area contributed by atoms with E-state index in [1.807, 2.05) is 18.5 Å². The van der Waals surface area contributed by atoms with Crippen molar-refractivity contribution in [1.29, 1.82) is 0 Å². The minimum Gasteiger partial charge on any atom is -0.384 e. The molecule has 7 heteroatoms. The Bertz CT molecular complexity index is 594. The fourth-order valence-electron chi connectivity index (χ4n) is 1.80. The SMILES string of the molecule is Cc1cc([N+](=O)[O-])ccc1NCCc1nncn1C. The number of benzene rings is 1. The molecule has 2 aromatic rings. The number of hydrogen-bond acceptors (Lipinski definition) is 5. The summed E-state index contributed by atoms with van der Waals surface area (Å²) in [5.74, 6) is 0.895. The van der Waals surface area contributed by atoms with E-state index in [9.17, 15) is 10.1 Å². The van der Waals surface area contributed by atoms with Crippen molar-refractivity contribution < 1.29 is 4.92 Å². The van der Waals surface area contributed by atoms with Crippen LogP contribution in [0, 0.1) is 17.0 Å². The van der Waals surface area contributed by atoms with Crippen molar-refractivity contribution in [1.82, 2.24) is 14.8 Å². The third kappa shape index (κ3) is 3.06. The number of aryl methyl sites for hydroxylation is 2. The highest BCUT2D eigenvalue weighted by Crippen LogP contribution is 2.20. The van der Waals surface area contributed by atoms with Crippen LogP contribution in [0.15, 0.2) is 24.5 Å². The highest BCUT2D eigenvalue weighted by molar-refractivity contribution is 5.55. The van der Waals surface area contributed by atoms with Crippen molar-refractivity contribution in [2.75, 3.05) is 11.9 Å². The lowest BCUT2D eigenvalue weighted by atomic mass is 10.2. The maximum atomic E-state index is 10.6. The lowest BCUT2D eigenvalue weighted by molar-refractivity contribution is -0.384. The summed E-state index contributed by atoms with van der Waals surface area (Å²) in [5.41, 5.74) is 1.86. The van der Waals surface area contributed by atoms with Gasteiger partial charge in [0.1, 0.15) is 12.2 Å². The van der Waals surface area contributed by atoms with E-state index in [0.717, 1.165) is 23.5 Å². The highest BCUT2D eigenvalue weighted by Gasteiger charge is 2.08. The topological polar surface area (TPSA) is 85.9 Å². The molecule has 7 nitrogen and oxygen atoms in total. The van der Waals surface area contributed by atoms with E-state index in [-0.39, 0.29) is 5.69 Å². The second-order valence-corrected chi connectivity index (χ2v) is 4.29. The summed E-state index contributed by atoms with van der Waals surface area (Å²) in [6.45, 7) is 2.54. The van der Waals surface area contributed by atoms with Crippen LogP contribution in [-0.4, -0.2) is 26.2 Å². The Labute approximate surface area is 110 Å². The Morgan fingerprint density at radius 1 is 1.47 bits per heavy atom. The van der Waals surface area contributed by atoms with Crippen LogP contribution in [0.2, 0.25) is 0 Å². The van der Waals surface area contributed by atoms with Crippen molar-refractivity contribution in [2.24, 2.45) is 7.05 Å². The monoisotopic (exact) mass is 261 g/mol. The summed E-state index contributed by atoms with van der Waals surface area (Å²) in [4.78, 5) is 10.2. The average Bonchev–Trinajstić information content (AvgIpc) is 2.77. The molecule has 0 fully saturated rings. The van der Waals surface area contributed by atoms with Crippen LogP contribution in [0.4, 0.5) is 11.4 Å². The summed E-state index contributed by atoms with van der Waals surface area (Å²) in [6, 6.07) is 4.78. The first kappa shape index (κ1) is 13.0. The molecule has 1 aromatic carbocycles. The van der Waals surface area contributed by atoms with E-state index in [1.165, 1.54) is 6.07 Å². The molecule has 0 amide bonds. The van der Waals surface area contributed by atoms with Gasteiger partial charge in [-0.15, -0.1) is 10.2 Å². The zero-order valence-electron chi connectivity index (χ0n) is 10.8. The third-order valence-electron chi connectivity index (χ3n) is 2.89. The summed E-state index contributed by atoms with van der Waals surface area (Å²) < 4.78 is 1.87. The smallest absolute Gasteiger partial charge is 0.269 e. The minimum atomic E-state index is -0.393. The van der Waals surface area contributed by atoms with Crippen LogP contribution in [0.25, 0.3) is 0 Å². The lowest BCUT2D eigenvalue weighted by Crippen LogP contribution is -2.09. The quantitative estimate of drug-likeness (QED) is 0.653. The van der Waals surface area contributed by atoms with Gasteiger partial charge in [-0.1, -0.05) is 0 Å². The largest absolute Gasteiger partial charge is 0.384 e. The number of non-ortho nitro benzene ring substituents is 1. The van der Waals surface area contributed by atoms with Gasteiger partial charge in [-0.05, 0) is 18.6 Å². The van der Waals surface area contributed by atoms with E-state index in [0.29, 0.717) is 6.54 Å². The molecule has 0 aliphatic rings. The zero-order chi connectivity index (χ0) is 13.8. The second kappa shape index (κ2) is 5.47. The summed E-state index contributed by atoms with van der Waals surface area (Å²) in [6.07, 6.45) is 2.40. The molecular weight excluding hydrogens is 246 g/mol. The molecule has 0 unspecified atom stereocenters. The van der Waals surface area contributed by atoms with E-state index >= 15 is 0 Å². The van der Waals surface area contributed by atoms with Crippen molar-refractivity contribution in [2.45, 2.75) is 13.3 Å². The first-order valence-corrected chi connectivity index (χ1v) is 5.89. The predicted molar refractivity (Wildman–Crippen MR) is 71.0 cm³/mol.